The maximum Gasteiger partial charge on any atom is 0.112 e. The van der Waals surface area contributed by atoms with Gasteiger partial charge in [-0.1, -0.05) is 103 Å². The highest BCUT2D eigenvalue weighted by molar-refractivity contribution is 7.99. The van der Waals surface area contributed by atoms with Crippen LogP contribution >= 0.6 is 11.8 Å². The van der Waals surface area contributed by atoms with Crippen LogP contribution in [0, 0.1) is 0 Å². The van der Waals surface area contributed by atoms with Crippen molar-refractivity contribution in [2.24, 2.45) is 0 Å². The Morgan fingerprint density at radius 3 is 1.61 bits per heavy atom. The quantitative estimate of drug-likeness (QED) is 0.129. The molecule has 0 aromatic heterocycles. The van der Waals surface area contributed by atoms with E-state index in [-0.39, 0.29) is 30.1 Å². The Morgan fingerprint density at radius 2 is 1.16 bits per heavy atom. The van der Waals surface area contributed by atoms with Crippen LogP contribution in [0.15, 0.2) is 0 Å². The molecule has 0 radical (unpaired) electrons. The monoisotopic (exact) mass is 571 g/mol. The fraction of sp³-hybridized carbons (Fsp3) is 1.00. The lowest BCUT2D eigenvalue weighted by atomic mass is 10.0. The minimum atomic E-state index is -0.167. The van der Waals surface area contributed by atoms with Crippen molar-refractivity contribution in [2.45, 2.75) is 116 Å². The van der Waals surface area contributed by atoms with Gasteiger partial charge in [-0.15, -0.1) is 0 Å². The first-order valence-corrected chi connectivity index (χ1v) is 14.5. The third-order valence-electron chi connectivity index (χ3n) is 6.65. The molecule has 1 aliphatic rings. The van der Waals surface area contributed by atoms with Crippen molar-refractivity contribution >= 4 is 11.8 Å². The molecule has 1 fully saturated rings. The fourth-order valence-corrected chi connectivity index (χ4v) is 5.45. The van der Waals surface area contributed by atoms with E-state index in [1.54, 1.807) is 0 Å². The normalized spacial score (nSPS) is 16.7. The zero-order valence-corrected chi connectivity index (χ0v) is 23.9. The Morgan fingerprint density at radius 1 is 0.742 bits per heavy atom. The van der Waals surface area contributed by atoms with Crippen molar-refractivity contribution in [2.75, 3.05) is 51.4 Å². The molecule has 0 aromatic carbocycles. The van der Waals surface area contributed by atoms with Crippen LogP contribution in [-0.2, 0) is 4.74 Å². The van der Waals surface area contributed by atoms with Gasteiger partial charge in [-0.3, -0.25) is 0 Å². The van der Waals surface area contributed by atoms with E-state index < -0.39 is 0 Å². The molecule has 5 heteroatoms. The zero-order valence-electron chi connectivity index (χ0n) is 20.9. The van der Waals surface area contributed by atoms with Crippen LogP contribution in [0.5, 0.6) is 0 Å². The first-order chi connectivity index (χ1) is 14.7. The number of aliphatic hydroxyl groups excluding tert-OH is 1. The second-order valence-corrected chi connectivity index (χ2v) is 11.0. The number of nitrogens with zero attached hydrogens (tertiary/aromatic N) is 1. The van der Waals surface area contributed by atoms with Crippen LogP contribution in [0.25, 0.3) is 0 Å². The highest BCUT2D eigenvalue weighted by Gasteiger charge is 2.27. The molecule has 1 N–H and O–H groups in total. The van der Waals surface area contributed by atoms with E-state index in [1.165, 1.54) is 108 Å². The largest absolute Gasteiger partial charge is 1.00 e. The predicted molar refractivity (Wildman–Crippen MR) is 134 cm³/mol. The first kappa shape index (κ1) is 32.0. The van der Waals surface area contributed by atoms with Crippen molar-refractivity contribution in [1.82, 2.24) is 0 Å². The van der Waals surface area contributed by atoms with Gasteiger partial charge < -0.3 is 38.3 Å². The summed E-state index contributed by atoms with van der Waals surface area (Å²) in [6.07, 6.45) is 22.7. The molecule has 0 aromatic rings. The summed E-state index contributed by atoms with van der Waals surface area (Å²) in [4.78, 5) is 0. The number of hydrogen-bond acceptors (Lipinski definition) is 3. The van der Waals surface area contributed by atoms with Gasteiger partial charge in [0.25, 0.3) is 0 Å². The number of likely N-dealkylation sites (N-methyl/N-ethyl adjacent to an activating group) is 1. The van der Waals surface area contributed by atoms with E-state index in [4.69, 9.17) is 4.74 Å². The third-order valence-corrected chi connectivity index (χ3v) is 7.85. The highest BCUT2D eigenvalue weighted by Crippen LogP contribution is 2.16. The van der Waals surface area contributed by atoms with Crippen LogP contribution in [-0.4, -0.2) is 67.1 Å². The molecule has 1 atom stereocenters. The lowest BCUT2D eigenvalue weighted by Gasteiger charge is -2.38. The van der Waals surface area contributed by atoms with Crippen LogP contribution in [0.3, 0.4) is 0 Å². The molecule has 1 aliphatic heterocycles. The number of unbranched alkanes of at least 4 members (excludes halogenated alkanes) is 15. The van der Waals surface area contributed by atoms with Gasteiger partial charge >= 0.3 is 0 Å². The molecule has 0 bridgehead atoms. The SMILES string of the molecule is CCCCCCCCCCCCCCCCCCSCC(O)C[N+]1(C)CCOCC1.[I-]. The smallest absolute Gasteiger partial charge is 0.112 e. The fourth-order valence-electron chi connectivity index (χ4n) is 4.50. The standard InChI is InChI=1S/C26H54NO2S.HI/c1-3-4-5-6-7-8-9-10-11-12-13-14-15-16-17-18-23-30-25-26(28)24-27(2)19-21-29-22-20-27;/h26,28H,3-25H2,1-2H3;1H/q+1;/p-1. The van der Waals surface area contributed by atoms with E-state index in [1.807, 2.05) is 11.8 Å². The van der Waals surface area contributed by atoms with Gasteiger partial charge in [0.1, 0.15) is 25.7 Å². The topological polar surface area (TPSA) is 29.5 Å². The van der Waals surface area contributed by atoms with Crippen molar-refractivity contribution < 1.29 is 38.3 Å². The summed E-state index contributed by atoms with van der Waals surface area (Å²) < 4.78 is 6.42. The van der Waals surface area contributed by atoms with Gasteiger partial charge in [0.15, 0.2) is 0 Å². The summed E-state index contributed by atoms with van der Waals surface area (Å²) in [5, 5.41) is 10.3. The number of hydrogen-bond donors (Lipinski definition) is 1. The average molecular weight is 572 g/mol. The van der Waals surface area contributed by atoms with Crippen LogP contribution < -0.4 is 24.0 Å². The molecule has 188 valence electrons. The van der Waals surface area contributed by atoms with Gasteiger partial charge in [-0.05, 0) is 12.2 Å². The Balaban J connectivity index is 0.00000900. The Labute approximate surface area is 216 Å². The summed E-state index contributed by atoms with van der Waals surface area (Å²) in [6.45, 7) is 6.95. The Kier molecular flexibility index (Phi) is 23.4. The lowest BCUT2D eigenvalue weighted by molar-refractivity contribution is -0.919. The molecule has 3 nitrogen and oxygen atoms in total. The van der Waals surface area contributed by atoms with Gasteiger partial charge in [0.05, 0.1) is 20.3 Å². The van der Waals surface area contributed by atoms with Crippen LogP contribution in [0.4, 0.5) is 0 Å². The lowest BCUT2D eigenvalue weighted by Crippen LogP contribution is -3.00. The number of thioether (sulfide) groups is 1. The number of quaternary nitrogens is 1. The van der Waals surface area contributed by atoms with Gasteiger partial charge in [0, 0.05) is 5.75 Å². The van der Waals surface area contributed by atoms with E-state index in [0.717, 1.165) is 43.1 Å². The molecule has 1 rings (SSSR count). The van der Waals surface area contributed by atoms with Crippen LogP contribution in [0.2, 0.25) is 0 Å². The molecule has 31 heavy (non-hydrogen) atoms. The maximum atomic E-state index is 10.3. The van der Waals surface area contributed by atoms with Crippen LogP contribution in [0.1, 0.15) is 110 Å². The summed E-state index contributed by atoms with van der Waals surface area (Å²) in [5.41, 5.74) is 0. The second kappa shape index (κ2) is 22.7. The molecule has 0 amide bonds. The zero-order chi connectivity index (χ0) is 21.8. The molecule has 1 heterocycles. The summed E-state index contributed by atoms with van der Waals surface area (Å²) in [7, 11) is 2.26. The predicted octanol–water partition coefficient (Wildman–Crippen LogP) is 3.82. The number of rotatable bonds is 21. The first-order valence-electron chi connectivity index (χ1n) is 13.3. The average Bonchev–Trinajstić information content (AvgIpc) is 2.73. The molecule has 0 aliphatic carbocycles. The second-order valence-electron chi connectivity index (χ2n) is 9.89. The van der Waals surface area contributed by atoms with E-state index in [0.29, 0.717) is 0 Å². The van der Waals surface area contributed by atoms with E-state index in [9.17, 15) is 5.11 Å². The molecule has 1 unspecified atom stereocenters. The number of halogens is 1. The van der Waals surface area contributed by atoms with Gasteiger partial charge in [-0.2, -0.15) is 11.8 Å². The highest BCUT2D eigenvalue weighted by atomic mass is 127. The Hall–Kier alpha value is 0.960. The van der Waals surface area contributed by atoms with E-state index >= 15 is 0 Å². The molecular formula is C26H54INO2S. The van der Waals surface area contributed by atoms with Crippen molar-refractivity contribution in [3.63, 3.8) is 0 Å². The van der Waals surface area contributed by atoms with Crippen molar-refractivity contribution in [3.8, 4) is 0 Å². The summed E-state index contributed by atoms with van der Waals surface area (Å²) in [5.74, 6) is 2.11. The molecule has 0 spiro atoms. The third kappa shape index (κ3) is 20.1. The number of aliphatic hydroxyl groups is 1. The van der Waals surface area contributed by atoms with E-state index in [2.05, 4.69) is 14.0 Å². The Bertz CT molecular complexity index is 367. The number of morpholine rings is 1. The van der Waals surface area contributed by atoms with Gasteiger partial charge in [-0.25, -0.2) is 0 Å². The summed E-state index contributed by atoms with van der Waals surface area (Å²) >= 11 is 1.94. The molecular weight excluding hydrogens is 517 g/mol. The molecule has 0 saturated carbocycles. The van der Waals surface area contributed by atoms with Gasteiger partial charge in [0.2, 0.25) is 0 Å². The maximum absolute atomic E-state index is 10.3. The minimum Gasteiger partial charge on any atom is -1.00 e. The molecule has 1 saturated heterocycles. The number of ether oxygens (including phenoxy) is 1. The van der Waals surface area contributed by atoms with Crippen molar-refractivity contribution in [3.05, 3.63) is 0 Å². The minimum absolute atomic E-state index is 0. The van der Waals surface area contributed by atoms with Crippen molar-refractivity contribution in [1.29, 1.82) is 0 Å². The summed E-state index contributed by atoms with van der Waals surface area (Å²) in [6, 6.07) is 0.